The Morgan fingerprint density at radius 3 is 2.75 bits per heavy atom. The van der Waals surface area contributed by atoms with Crippen molar-refractivity contribution in [2.24, 2.45) is 0 Å². The van der Waals surface area contributed by atoms with E-state index < -0.39 is 0 Å². The Balaban J connectivity index is 1.61. The smallest absolute Gasteiger partial charge is 0.259 e. The number of likely N-dealkylation sites (tertiary alicyclic amines) is 1. The Kier molecular flexibility index (Phi) is 4.99. The number of hydrogen-bond donors (Lipinski definition) is 0. The van der Waals surface area contributed by atoms with Gasteiger partial charge >= 0.3 is 0 Å². The number of hydrogen-bond acceptors (Lipinski definition) is 4. The minimum absolute atomic E-state index is 0.0360. The van der Waals surface area contributed by atoms with Gasteiger partial charge in [0.2, 0.25) is 5.88 Å². The Morgan fingerprint density at radius 1 is 1.21 bits per heavy atom. The average molecular weight is 326 g/mol. The molecule has 0 spiro atoms. The number of pyridine rings is 1. The third-order valence-corrected chi connectivity index (χ3v) is 4.07. The maximum atomic E-state index is 12.6. The van der Waals surface area contributed by atoms with Gasteiger partial charge in [0.15, 0.2) is 0 Å². The molecule has 1 aromatic carbocycles. The standard InChI is InChI=1S/C19H22N2O3/c1-3-14-8-5-6-10-17(14)24-15-12-21(13-15)19(22)16-9-7-11-20-18(16)23-4-2/h5-11,15H,3-4,12-13H2,1-2H3. The molecule has 5 heteroatoms. The molecule has 2 aromatic rings. The first-order chi connectivity index (χ1) is 11.7. The van der Waals surface area contributed by atoms with E-state index in [0.29, 0.717) is 31.1 Å². The molecule has 3 rings (SSSR count). The Morgan fingerprint density at radius 2 is 2.00 bits per heavy atom. The lowest BCUT2D eigenvalue weighted by atomic mass is 10.1. The lowest BCUT2D eigenvalue weighted by Gasteiger charge is -2.39. The molecule has 1 fully saturated rings. The fourth-order valence-electron chi connectivity index (χ4n) is 2.74. The van der Waals surface area contributed by atoms with Gasteiger partial charge in [-0.3, -0.25) is 4.79 Å². The zero-order valence-electron chi connectivity index (χ0n) is 14.1. The van der Waals surface area contributed by atoms with Crippen LogP contribution in [0.5, 0.6) is 11.6 Å². The number of carbonyl (C=O) groups excluding carboxylic acids is 1. The largest absolute Gasteiger partial charge is 0.486 e. The summed E-state index contributed by atoms with van der Waals surface area (Å²) < 4.78 is 11.5. The summed E-state index contributed by atoms with van der Waals surface area (Å²) in [5, 5.41) is 0. The summed E-state index contributed by atoms with van der Waals surface area (Å²) in [5.74, 6) is 1.24. The Bertz CT molecular complexity index is 711. The van der Waals surface area contributed by atoms with E-state index in [9.17, 15) is 4.79 Å². The van der Waals surface area contributed by atoms with Crippen LogP contribution in [0.1, 0.15) is 29.8 Å². The van der Waals surface area contributed by atoms with Crippen molar-refractivity contribution < 1.29 is 14.3 Å². The van der Waals surface area contributed by atoms with Gasteiger partial charge in [0.1, 0.15) is 17.4 Å². The van der Waals surface area contributed by atoms with Crippen molar-refractivity contribution in [3.63, 3.8) is 0 Å². The van der Waals surface area contributed by atoms with Gasteiger partial charge in [0.25, 0.3) is 5.91 Å². The molecule has 0 bridgehead atoms. The fourth-order valence-corrected chi connectivity index (χ4v) is 2.74. The number of amides is 1. The van der Waals surface area contributed by atoms with E-state index in [2.05, 4.69) is 18.0 Å². The number of nitrogens with zero attached hydrogens (tertiary/aromatic N) is 2. The summed E-state index contributed by atoms with van der Waals surface area (Å²) in [6, 6.07) is 11.5. The van der Waals surface area contributed by atoms with E-state index in [0.717, 1.165) is 12.2 Å². The summed E-state index contributed by atoms with van der Waals surface area (Å²) in [7, 11) is 0. The molecule has 0 radical (unpaired) electrons. The molecule has 0 aliphatic carbocycles. The second-order valence-electron chi connectivity index (χ2n) is 5.70. The normalized spacial score (nSPS) is 14.2. The highest BCUT2D eigenvalue weighted by atomic mass is 16.5. The monoisotopic (exact) mass is 326 g/mol. The first-order valence-corrected chi connectivity index (χ1v) is 8.34. The number of ether oxygens (including phenoxy) is 2. The van der Waals surface area contributed by atoms with Crippen LogP contribution in [-0.2, 0) is 6.42 Å². The molecule has 1 aliphatic rings. The van der Waals surface area contributed by atoms with Gasteiger partial charge in [0.05, 0.1) is 19.7 Å². The maximum absolute atomic E-state index is 12.6. The summed E-state index contributed by atoms with van der Waals surface area (Å²) in [5.41, 5.74) is 1.69. The summed E-state index contributed by atoms with van der Waals surface area (Å²) in [4.78, 5) is 18.5. The van der Waals surface area contributed by atoms with E-state index in [1.807, 2.05) is 25.1 Å². The molecule has 1 aliphatic heterocycles. The zero-order chi connectivity index (χ0) is 16.9. The van der Waals surface area contributed by atoms with Gasteiger partial charge in [0, 0.05) is 6.20 Å². The van der Waals surface area contributed by atoms with Crippen molar-refractivity contribution >= 4 is 5.91 Å². The van der Waals surface area contributed by atoms with Crippen LogP contribution in [0, 0.1) is 0 Å². The molecule has 1 amide bonds. The quantitative estimate of drug-likeness (QED) is 0.819. The van der Waals surface area contributed by atoms with Crippen LogP contribution < -0.4 is 9.47 Å². The van der Waals surface area contributed by atoms with E-state index in [1.54, 1.807) is 23.2 Å². The van der Waals surface area contributed by atoms with Crippen molar-refractivity contribution in [3.8, 4) is 11.6 Å². The van der Waals surface area contributed by atoms with E-state index in [-0.39, 0.29) is 12.0 Å². The van der Waals surface area contributed by atoms with Crippen molar-refractivity contribution in [2.45, 2.75) is 26.4 Å². The lowest BCUT2D eigenvalue weighted by Crippen LogP contribution is -2.56. The van der Waals surface area contributed by atoms with Crippen LogP contribution in [0.25, 0.3) is 0 Å². The van der Waals surface area contributed by atoms with Gasteiger partial charge in [-0.1, -0.05) is 25.1 Å². The van der Waals surface area contributed by atoms with Crippen molar-refractivity contribution in [3.05, 3.63) is 53.7 Å². The number of carbonyl (C=O) groups is 1. The van der Waals surface area contributed by atoms with Crippen molar-refractivity contribution in [1.29, 1.82) is 0 Å². The van der Waals surface area contributed by atoms with Gasteiger partial charge < -0.3 is 14.4 Å². The Hall–Kier alpha value is -2.56. The van der Waals surface area contributed by atoms with Crippen LogP contribution in [0.4, 0.5) is 0 Å². The number of benzene rings is 1. The van der Waals surface area contributed by atoms with E-state index in [4.69, 9.17) is 9.47 Å². The third kappa shape index (κ3) is 3.35. The molecular weight excluding hydrogens is 304 g/mol. The molecule has 0 unspecified atom stereocenters. The molecule has 1 aromatic heterocycles. The molecule has 0 N–H and O–H groups in total. The molecule has 0 saturated carbocycles. The zero-order valence-corrected chi connectivity index (χ0v) is 14.1. The fraction of sp³-hybridized carbons (Fsp3) is 0.368. The number of rotatable bonds is 6. The lowest BCUT2D eigenvalue weighted by molar-refractivity contribution is 0.0171. The Labute approximate surface area is 142 Å². The van der Waals surface area contributed by atoms with Gasteiger partial charge in [-0.25, -0.2) is 4.98 Å². The van der Waals surface area contributed by atoms with Crippen LogP contribution in [-0.4, -0.2) is 41.6 Å². The van der Waals surface area contributed by atoms with Crippen LogP contribution >= 0.6 is 0 Å². The van der Waals surface area contributed by atoms with E-state index in [1.165, 1.54) is 5.56 Å². The summed E-state index contributed by atoms with van der Waals surface area (Å²) in [6.45, 7) is 5.63. The summed E-state index contributed by atoms with van der Waals surface area (Å²) >= 11 is 0. The highest BCUT2D eigenvalue weighted by Crippen LogP contribution is 2.25. The number of para-hydroxylation sites is 1. The van der Waals surface area contributed by atoms with Crippen LogP contribution in [0.2, 0.25) is 0 Å². The molecule has 5 nitrogen and oxygen atoms in total. The average Bonchev–Trinajstić information content (AvgIpc) is 2.58. The highest BCUT2D eigenvalue weighted by Gasteiger charge is 2.34. The molecule has 126 valence electrons. The minimum atomic E-state index is -0.0600. The second kappa shape index (κ2) is 7.34. The highest BCUT2D eigenvalue weighted by molar-refractivity contribution is 5.96. The van der Waals surface area contributed by atoms with Gasteiger partial charge in [-0.15, -0.1) is 0 Å². The van der Waals surface area contributed by atoms with Gasteiger partial charge in [-0.05, 0) is 37.1 Å². The number of aryl methyl sites for hydroxylation is 1. The van der Waals surface area contributed by atoms with Crippen molar-refractivity contribution in [2.75, 3.05) is 19.7 Å². The minimum Gasteiger partial charge on any atom is -0.486 e. The first kappa shape index (κ1) is 16.3. The topological polar surface area (TPSA) is 51.7 Å². The first-order valence-electron chi connectivity index (χ1n) is 8.34. The predicted octanol–water partition coefficient (Wildman–Crippen LogP) is 2.95. The third-order valence-electron chi connectivity index (χ3n) is 4.07. The van der Waals surface area contributed by atoms with Crippen LogP contribution in [0.3, 0.4) is 0 Å². The second-order valence-corrected chi connectivity index (χ2v) is 5.70. The van der Waals surface area contributed by atoms with E-state index >= 15 is 0 Å². The maximum Gasteiger partial charge on any atom is 0.259 e. The predicted molar refractivity (Wildman–Crippen MR) is 91.5 cm³/mol. The number of aromatic nitrogens is 1. The SMILES string of the molecule is CCOc1ncccc1C(=O)N1CC(Oc2ccccc2CC)C1. The summed E-state index contributed by atoms with van der Waals surface area (Å²) in [6.07, 6.45) is 2.60. The molecular formula is C19H22N2O3. The molecule has 1 saturated heterocycles. The molecule has 2 heterocycles. The van der Waals surface area contributed by atoms with Gasteiger partial charge in [-0.2, -0.15) is 0 Å². The molecule has 24 heavy (non-hydrogen) atoms. The van der Waals surface area contributed by atoms with Crippen LogP contribution in [0.15, 0.2) is 42.6 Å². The molecule has 0 atom stereocenters. The van der Waals surface area contributed by atoms with Crippen molar-refractivity contribution in [1.82, 2.24) is 9.88 Å².